The second-order valence-electron chi connectivity index (χ2n) is 5.45. The third-order valence-corrected chi connectivity index (χ3v) is 3.64. The molecule has 0 amide bonds. The minimum Gasteiger partial charge on any atom is -0.478 e. The molecule has 0 aliphatic carbocycles. The zero-order chi connectivity index (χ0) is 32.1. The normalized spacial score (nSPS) is 20.3. The Morgan fingerprint density at radius 3 is 2.86 bits per heavy atom. The number of aromatic carboxylic acids is 1. The van der Waals surface area contributed by atoms with E-state index in [1.54, 1.807) is 0 Å². The van der Waals surface area contributed by atoms with Crippen LogP contribution in [0, 0.1) is 0 Å². The highest BCUT2D eigenvalue weighted by Crippen LogP contribution is 2.23. The summed E-state index contributed by atoms with van der Waals surface area (Å²) < 4.78 is 106. The average Bonchev–Trinajstić information content (AvgIpc) is 2.91. The fourth-order valence-electron chi connectivity index (χ4n) is 2.16. The van der Waals surface area contributed by atoms with E-state index < -0.39 is 96.2 Å². The second kappa shape index (κ2) is 10.1. The summed E-state index contributed by atoms with van der Waals surface area (Å²) in [6.45, 7) is -7.14. The molecule has 0 spiro atoms. The van der Waals surface area contributed by atoms with Crippen LogP contribution in [0.4, 0.5) is 5.69 Å². The lowest BCUT2D eigenvalue weighted by molar-refractivity contribution is 0.0697. The molecular formula is C23H23ClN2O3. The minimum absolute atomic E-state index is 0.0410. The van der Waals surface area contributed by atoms with Crippen molar-refractivity contribution in [3.05, 3.63) is 88.8 Å². The number of carboxylic acids is 1. The molecule has 3 rings (SSSR count). The summed E-state index contributed by atoms with van der Waals surface area (Å²) in [7, 11) is 0. The second-order valence-corrected chi connectivity index (χ2v) is 5.83. The molecule has 0 aliphatic rings. The van der Waals surface area contributed by atoms with Crippen LogP contribution in [0.1, 0.15) is 39.8 Å². The minimum atomic E-state index is -3.49. The van der Waals surface area contributed by atoms with Gasteiger partial charge in [0.15, 0.2) is 0 Å². The Hall–Kier alpha value is -2.86. The molecule has 0 heterocycles. The van der Waals surface area contributed by atoms with E-state index in [-0.39, 0.29) is 16.7 Å². The number of benzene rings is 3. The average molecular weight is 424 g/mol. The lowest BCUT2D eigenvalue weighted by atomic mass is 10.0. The monoisotopic (exact) mass is 423 g/mol. The van der Waals surface area contributed by atoms with Crippen molar-refractivity contribution in [2.75, 3.05) is 24.9 Å². The number of hydrogen-bond donors (Lipinski definition) is 4. The summed E-state index contributed by atoms with van der Waals surface area (Å²) in [6, 6.07) is -1.12. The fourth-order valence-corrected chi connectivity index (χ4v) is 2.31. The van der Waals surface area contributed by atoms with Crippen molar-refractivity contribution in [2.45, 2.75) is 6.08 Å². The summed E-state index contributed by atoms with van der Waals surface area (Å²) in [4.78, 5) is 11.4. The molecule has 0 aromatic heterocycles. The van der Waals surface area contributed by atoms with Gasteiger partial charge in [0.25, 0.3) is 0 Å². The molecule has 0 saturated heterocycles. The molecule has 0 bridgehead atoms. The molecule has 0 unspecified atom stereocenters. The molecule has 3 aromatic rings. The quantitative estimate of drug-likeness (QED) is 0.409. The first-order valence-corrected chi connectivity index (χ1v) is 8.50. The van der Waals surface area contributed by atoms with E-state index in [1.165, 1.54) is 18.2 Å². The predicted octanol–water partition coefficient (Wildman–Crippen LogP) is 4.44. The fraction of sp³-hybridized carbons (Fsp3) is 0.174. The van der Waals surface area contributed by atoms with Gasteiger partial charge in [0.05, 0.1) is 26.7 Å². The maximum Gasteiger partial charge on any atom is 0.335 e. The molecule has 5 nitrogen and oxygen atoms in total. The number of nitrogens with one attached hydrogen (secondary N) is 2. The number of carbonyl (C=O) groups is 1. The smallest absolute Gasteiger partial charge is 0.335 e. The predicted molar refractivity (Wildman–Crippen MR) is 117 cm³/mol. The van der Waals surface area contributed by atoms with Gasteiger partial charge >= 0.3 is 5.97 Å². The summed E-state index contributed by atoms with van der Waals surface area (Å²) in [5.41, 5.74) is -2.04. The van der Waals surface area contributed by atoms with Crippen LogP contribution in [0.3, 0.4) is 0 Å². The molecule has 29 heavy (non-hydrogen) atoms. The van der Waals surface area contributed by atoms with Gasteiger partial charge in [0, 0.05) is 33.0 Å². The highest BCUT2D eigenvalue weighted by Gasteiger charge is 2.07. The van der Waals surface area contributed by atoms with Gasteiger partial charge in [-0.2, -0.15) is 0 Å². The number of anilines is 1. The zero-order valence-electron chi connectivity index (χ0n) is 27.7. The van der Waals surface area contributed by atoms with Crippen molar-refractivity contribution in [1.29, 1.82) is 0 Å². The molecule has 150 valence electrons. The van der Waals surface area contributed by atoms with Crippen molar-refractivity contribution < 1.29 is 32.8 Å². The summed E-state index contributed by atoms with van der Waals surface area (Å²) in [5, 5.41) is 23.5. The topological polar surface area (TPSA) is 81.6 Å². The summed E-state index contributed by atoms with van der Waals surface area (Å²) in [6.07, 6.45) is -3.49. The molecule has 6 heteroatoms. The Bertz CT molecular complexity index is 1560. The van der Waals surface area contributed by atoms with E-state index in [4.69, 9.17) is 29.4 Å². The van der Waals surface area contributed by atoms with Gasteiger partial charge in [-0.25, -0.2) is 4.79 Å². The first kappa shape index (κ1) is 9.76. The van der Waals surface area contributed by atoms with Crippen LogP contribution in [-0.4, -0.2) is 35.7 Å². The SMILES string of the molecule is [2H]c1c([2H])c(NC([2H])([2H])CNC([2H])([2H])[C@]([2H])(O)c2c([2H])c([2H])c([2H])c(Cl)c2[2H])c([2H])c(-c2cccc(C(=O)O)c2)c1[2H]. The van der Waals surface area contributed by atoms with Crippen LogP contribution in [0.25, 0.3) is 11.1 Å². The Balaban J connectivity index is 1.98. The molecule has 0 saturated carbocycles. The Morgan fingerprint density at radius 1 is 1.21 bits per heavy atom. The van der Waals surface area contributed by atoms with Crippen LogP contribution in [0.2, 0.25) is 5.02 Å². The Morgan fingerprint density at radius 2 is 2.03 bits per heavy atom. The maximum absolute atomic E-state index is 11.4. The molecule has 0 radical (unpaired) electrons. The number of aliphatic hydroxyl groups is 1. The third-order valence-electron chi connectivity index (χ3n) is 3.45. The van der Waals surface area contributed by atoms with E-state index in [0.717, 1.165) is 6.07 Å². The summed E-state index contributed by atoms with van der Waals surface area (Å²) >= 11 is 5.81. The molecule has 1 atom stereocenters. The largest absolute Gasteiger partial charge is 0.478 e. The van der Waals surface area contributed by atoms with Crippen molar-refractivity contribution in [1.82, 2.24) is 5.32 Å². The molecule has 4 N–H and O–H groups in total. The molecule has 0 aliphatic heterocycles. The lowest BCUT2D eigenvalue weighted by Crippen LogP contribution is -2.26. The Kier molecular flexibility index (Phi) is 3.39. The van der Waals surface area contributed by atoms with Gasteiger partial charge in [-0.3, -0.25) is 0 Å². The number of rotatable bonds is 9. The van der Waals surface area contributed by atoms with Crippen molar-refractivity contribution in [3.8, 4) is 11.1 Å². The van der Waals surface area contributed by atoms with Crippen molar-refractivity contribution in [2.24, 2.45) is 0 Å². The van der Waals surface area contributed by atoms with E-state index in [2.05, 4.69) is 5.32 Å². The lowest BCUT2D eigenvalue weighted by Gasteiger charge is -2.13. The van der Waals surface area contributed by atoms with Gasteiger partial charge in [-0.05, 0) is 53.0 Å². The highest BCUT2D eigenvalue weighted by atomic mass is 35.5. The van der Waals surface area contributed by atoms with Gasteiger partial charge < -0.3 is 20.8 Å². The van der Waals surface area contributed by atoms with Crippen LogP contribution >= 0.6 is 11.6 Å². The standard InChI is InChI=1S/C23H23ClN2O3/c24-20-8-2-6-18(13-20)22(27)15-25-10-11-26-21-9-3-5-17(14-21)16-4-1-7-19(12-16)23(28)29/h1-9,12-14,22,25-27H,10-11,15H2,(H,28,29)/t22-/m0/s1/i2D,3D,5D,6D,8D,9D,11D2,13D,14D,15D2,22D. The van der Waals surface area contributed by atoms with E-state index >= 15 is 0 Å². The van der Waals surface area contributed by atoms with E-state index in [1.807, 2.05) is 5.32 Å². The van der Waals surface area contributed by atoms with E-state index in [0.29, 0.717) is 0 Å². The van der Waals surface area contributed by atoms with Gasteiger partial charge in [0.2, 0.25) is 0 Å². The molecule has 0 fully saturated rings. The van der Waals surface area contributed by atoms with Crippen molar-refractivity contribution >= 4 is 23.3 Å². The van der Waals surface area contributed by atoms with Gasteiger partial charge in [0.1, 0.15) is 0 Å². The molecule has 3 aromatic carbocycles. The highest BCUT2D eigenvalue weighted by molar-refractivity contribution is 6.30. The van der Waals surface area contributed by atoms with E-state index in [9.17, 15) is 15.0 Å². The number of carboxylic acid groups (broad SMARTS) is 1. The number of halogens is 1. The zero-order valence-corrected chi connectivity index (χ0v) is 15.5. The van der Waals surface area contributed by atoms with Gasteiger partial charge in [-0.1, -0.05) is 47.9 Å². The maximum atomic E-state index is 11.4. The van der Waals surface area contributed by atoms with Crippen LogP contribution in [-0.2, 0) is 0 Å². The van der Waals surface area contributed by atoms with Crippen LogP contribution in [0.5, 0.6) is 0 Å². The first-order valence-electron chi connectivity index (χ1n) is 14.6. The van der Waals surface area contributed by atoms with Crippen LogP contribution < -0.4 is 10.6 Å². The van der Waals surface area contributed by atoms with Crippen LogP contribution in [0.15, 0.2) is 72.6 Å². The number of hydrogen-bond acceptors (Lipinski definition) is 4. The first-order chi connectivity index (χ1) is 19.2. The third kappa shape index (κ3) is 6.06. The van der Waals surface area contributed by atoms with Crippen molar-refractivity contribution in [3.63, 3.8) is 0 Å². The Labute approximate surface area is 193 Å². The summed E-state index contributed by atoms with van der Waals surface area (Å²) in [5.74, 6) is -1.30. The van der Waals surface area contributed by atoms with Gasteiger partial charge in [-0.15, -0.1) is 0 Å². The molecular weight excluding hydrogens is 388 g/mol.